The van der Waals surface area contributed by atoms with Gasteiger partial charge in [0, 0.05) is 25.1 Å². The number of carbonyl (C=O) groups excluding carboxylic acids is 1. The largest absolute Gasteiger partial charge is 0.382 e. The summed E-state index contributed by atoms with van der Waals surface area (Å²) in [6.07, 6.45) is -0.0758. The van der Waals surface area contributed by atoms with Crippen LogP contribution in [0.3, 0.4) is 0 Å². The Morgan fingerprint density at radius 2 is 1.41 bits per heavy atom. The van der Waals surface area contributed by atoms with Gasteiger partial charge < -0.3 is 10.6 Å². The summed E-state index contributed by atoms with van der Waals surface area (Å²) in [4.78, 5) is 11.6. The second-order valence-electron chi connectivity index (χ2n) is 4.47. The number of amides is 1. The molecule has 116 valence electrons. The van der Waals surface area contributed by atoms with Crippen LogP contribution in [0.2, 0.25) is 0 Å². The van der Waals surface area contributed by atoms with E-state index in [-0.39, 0.29) is 24.3 Å². The SMILES string of the molecule is O=C(CCNc1ccc(F)cc1F)Nc1ccc(F)cc1F. The first-order chi connectivity index (χ1) is 10.5. The number of anilines is 2. The predicted octanol–water partition coefficient (Wildman–Crippen LogP) is 3.68. The van der Waals surface area contributed by atoms with Crippen molar-refractivity contribution in [1.82, 2.24) is 0 Å². The third-order valence-corrected chi connectivity index (χ3v) is 2.80. The van der Waals surface area contributed by atoms with E-state index in [1.54, 1.807) is 0 Å². The van der Waals surface area contributed by atoms with Gasteiger partial charge in [0.2, 0.25) is 5.91 Å². The van der Waals surface area contributed by atoms with Crippen molar-refractivity contribution in [3.8, 4) is 0 Å². The molecule has 0 heterocycles. The van der Waals surface area contributed by atoms with Crippen molar-refractivity contribution in [1.29, 1.82) is 0 Å². The summed E-state index contributed by atoms with van der Waals surface area (Å²) in [5, 5.41) is 4.90. The first kappa shape index (κ1) is 15.8. The maximum absolute atomic E-state index is 13.3. The van der Waals surface area contributed by atoms with Gasteiger partial charge in [0.25, 0.3) is 0 Å². The molecule has 0 radical (unpaired) electrons. The molecule has 2 N–H and O–H groups in total. The quantitative estimate of drug-likeness (QED) is 0.827. The van der Waals surface area contributed by atoms with Gasteiger partial charge in [-0.1, -0.05) is 0 Å². The highest BCUT2D eigenvalue weighted by molar-refractivity contribution is 5.91. The van der Waals surface area contributed by atoms with Crippen LogP contribution in [0.25, 0.3) is 0 Å². The molecule has 0 saturated carbocycles. The Labute approximate surface area is 124 Å². The molecule has 2 rings (SSSR count). The minimum atomic E-state index is -0.883. The predicted molar refractivity (Wildman–Crippen MR) is 74.5 cm³/mol. The number of halogens is 4. The fourth-order valence-corrected chi connectivity index (χ4v) is 1.75. The van der Waals surface area contributed by atoms with E-state index in [9.17, 15) is 22.4 Å². The van der Waals surface area contributed by atoms with Gasteiger partial charge in [0.05, 0.1) is 11.4 Å². The second kappa shape index (κ2) is 6.93. The number of nitrogens with one attached hydrogen (secondary N) is 2. The first-order valence-corrected chi connectivity index (χ1v) is 6.39. The van der Waals surface area contributed by atoms with E-state index in [4.69, 9.17) is 0 Å². The molecule has 22 heavy (non-hydrogen) atoms. The lowest BCUT2D eigenvalue weighted by Crippen LogP contribution is -2.17. The van der Waals surface area contributed by atoms with E-state index in [0.29, 0.717) is 6.07 Å². The average Bonchev–Trinajstić information content (AvgIpc) is 2.44. The highest BCUT2D eigenvalue weighted by atomic mass is 19.1. The molecule has 2 aromatic carbocycles. The third kappa shape index (κ3) is 4.21. The monoisotopic (exact) mass is 312 g/mol. The van der Waals surface area contributed by atoms with Crippen molar-refractivity contribution in [2.24, 2.45) is 0 Å². The van der Waals surface area contributed by atoms with Gasteiger partial charge in [-0.2, -0.15) is 0 Å². The summed E-state index contributed by atoms with van der Waals surface area (Å²) < 4.78 is 52.1. The van der Waals surface area contributed by atoms with Crippen molar-refractivity contribution >= 4 is 17.3 Å². The topological polar surface area (TPSA) is 41.1 Å². The smallest absolute Gasteiger partial charge is 0.226 e. The molecular formula is C15H12F4N2O. The Kier molecular flexibility index (Phi) is 4.98. The van der Waals surface area contributed by atoms with Crippen molar-refractivity contribution < 1.29 is 22.4 Å². The Hall–Kier alpha value is -2.57. The fraction of sp³-hybridized carbons (Fsp3) is 0.133. The molecule has 0 fully saturated rings. The summed E-state index contributed by atoms with van der Waals surface area (Å²) in [5.41, 5.74) is -0.0819. The maximum atomic E-state index is 13.3. The Morgan fingerprint density at radius 1 is 0.864 bits per heavy atom. The number of carbonyl (C=O) groups is 1. The van der Waals surface area contributed by atoms with Gasteiger partial charge >= 0.3 is 0 Å². The van der Waals surface area contributed by atoms with Gasteiger partial charge in [-0.3, -0.25) is 4.79 Å². The van der Waals surface area contributed by atoms with E-state index >= 15 is 0 Å². The van der Waals surface area contributed by atoms with Crippen LogP contribution in [0.5, 0.6) is 0 Å². The molecule has 0 saturated heterocycles. The highest BCUT2D eigenvalue weighted by Gasteiger charge is 2.09. The first-order valence-electron chi connectivity index (χ1n) is 6.39. The molecule has 3 nitrogen and oxygen atoms in total. The van der Waals surface area contributed by atoms with Crippen LogP contribution >= 0.6 is 0 Å². The van der Waals surface area contributed by atoms with Crippen LogP contribution < -0.4 is 10.6 Å². The molecule has 0 atom stereocenters. The van der Waals surface area contributed by atoms with Crippen molar-refractivity contribution in [2.45, 2.75) is 6.42 Å². The average molecular weight is 312 g/mol. The Balaban J connectivity index is 1.85. The van der Waals surface area contributed by atoms with Crippen LogP contribution in [0.4, 0.5) is 28.9 Å². The zero-order valence-corrected chi connectivity index (χ0v) is 11.3. The van der Waals surface area contributed by atoms with Crippen LogP contribution in [0, 0.1) is 23.3 Å². The normalized spacial score (nSPS) is 10.4. The van der Waals surface area contributed by atoms with Crippen molar-refractivity contribution in [2.75, 3.05) is 17.2 Å². The Bertz CT molecular complexity index is 691. The molecule has 7 heteroatoms. The van der Waals surface area contributed by atoms with E-state index in [0.717, 1.165) is 24.3 Å². The highest BCUT2D eigenvalue weighted by Crippen LogP contribution is 2.16. The third-order valence-electron chi connectivity index (χ3n) is 2.80. The molecule has 0 aliphatic heterocycles. The standard InChI is InChI=1S/C15H12F4N2O/c16-9-1-3-13(11(18)7-9)20-6-5-15(22)21-14-4-2-10(17)8-12(14)19/h1-4,7-8,20H,5-6H2,(H,21,22). The van der Waals surface area contributed by atoms with Gasteiger partial charge in [0.15, 0.2) is 0 Å². The second-order valence-corrected chi connectivity index (χ2v) is 4.47. The summed E-state index contributed by atoms with van der Waals surface area (Å²) >= 11 is 0. The maximum Gasteiger partial charge on any atom is 0.226 e. The van der Waals surface area contributed by atoms with E-state index in [1.165, 1.54) is 6.07 Å². The molecule has 2 aromatic rings. The lowest BCUT2D eigenvalue weighted by atomic mass is 10.2. The minimum Gasteiger partial charge on any atom is -0.382 e. The zero-order chi connectivity index (χ0) is 16.1. The summed E-state index contributed by atoms with van der Waals surface area (Å²) in [6, 6.07) is 5.79. The van der Waals surface area contributed by atoms with Crippen molar-refractivity contribution in [3.63, 3.8) is 0 Å². The number of hydrogen-bond acceptors (Lipinski definition) is 2. The van der Waals surface area contributed by atoms with Crippen LogP contribution in [-0.2, 0) is 4.79 Å². The van der Waals surface area contributed by atoms with Gasteiger partial charge in [-0.25, -0.2) is 17.6 Å². The molecule has 0 spiro atoms. The van der Waals surface area contributed by atoms with Gasteiger partial charge in [-0.05, 0) is 24.3 Å². The zero-order valence-electron chi connectivity index (χ0n) is 11.3. The van der Waals surface area contributed by atoms with Gasteiger partial charge in [0.1, 0.15) is 23.3 Å². The molecule has 0 aliphatic rings. The molecule has 0 bridgehead atoms. The summed E-state index contributed by atoms with van der Waals surface area (Å²) in [5.74, 6) is -3.63. The minimum absolute atomic E-state index is 0.0576. The van der Waals surface area contributed by atoms with E-state index in [2.05, 4.69) is 10.6 Å². The fourth-order valence-electron chi connectivity index (χ4n) is 1.75. The summed E-state index contributed by atoms with van der Waals surface area (Å²) in [7, 11) is 0. The molecule has 0 unspecified atom stereocenters. The lowest BCUT2D eigenvalue weighted by molar-refractivity contribution is -0.116. The number of benzene rings is 2. The number of rotatable bonds is 5. The summed E-state index contributed by atoms with van der Waals surface area (Å²) in [6.45, 7) is 0.0667. The van der Waals surface area contributed by atoms with E-state index in [1.807, 2.05) is 0 Å². The number of hydrogen-bond donors (Lipinski definition) is 2. The molecule has 0 aliphatic carbocycles. The van der Waals surface area contributed by atoms with Gasteiger partial charge in [-0.15, -0.1) is 0 Å². The van der Waals surface area contributed by atoms with Crippen molar-refractivity contribution in [3.05, 3.63) is 59.7 Å². The molecular weight excluding hydrogens is 300 g/mol. The molecule has 1 amide bonds. The van der Waals surface area contributed by atoms with E-state index < -0.39 is 29.2 Å². The van der Waals surface area contributed by atoms with Crippen LogP contribution in [-0.4, -0.2) is 12.5 Å². The lowest BCUT2D eigenvalue weighted by Gasteiger charge is -2.09. The van der Waals surface area contributed by atoms with Crippen LogP contribution in [0.15, 0.2) is 36.4 Å². The Morgan fingerprint density at radius 3 is 1.95 bits per heavy atom. The molecule has 0 aromatic heterocycles. The van der Waals surface area contributed by atoms with Crippen LogP contribution in [0.1, 0.15) is 6.42 Å².